The number of H-pyrrole nitrogens is 1. The number of nitrogens with zero attached hydrogens (tertiary/aromatic N) is 4. The van der Waals surface area contributed by atoms with E-state index in [4.69, 9.17) is 36.2 Å². The molecule has 3 aliphatic heterocycles. The molecule has 12 rings (SSSR count). The summed E-state index contributed by atoms with van der Waals surface area (Å²) in [4.78, 5) is 110. The van der Waals surface area contributed by atoms with Crippen molar-refractivity contribution in [3.05, 3.63) is 284 Å². The second-order valence-electron chi connectivity index (χ2n) is 27.1. The smallest absolute Gasteiger partial charge is 0.311 e. The average molecular weight is 1440 g/mol. The summed E-state index contributed by atoms with van der Waals surface area (Å²) >= 11 is 0. The number of pyridine rings is 2. The maximum Gasteiger partial charge on any atom is 0.311 e. The van der Waals surface area contributed by atoms with Crippen LogP contribution in [0.4, 0.5) is 0 Å². The molecule has 5 heterocycles. The molecule has 0 bridgehead atoms. The van der Waals surface area contributed by atoms with E-state index >= 15 is 0 Å². The molecular weight excluding hydrogens is 1350 g/mol. The monoisotopic (exact) mass is 1440 g/mol. The van der Waals surface area contributed by atoms with E-state index in [9.17, 15) is 43.6 Å². The van der Waals surface area contributed by atoms with E-state index in [0.29, 0.717) is 96.8 Å². The first kappa shape index (κ1) is 77.4. The number of ether oxygens (including phenoxy) is 3. The molecule has 0 saturated carbocycles. The van der Waals surface area contributed by atoms with Crippen LogP contribution in [0, 0.1) is 39.2 Å². The van der Waals surface area contributed by atoms with Crippen LogP contribution >= 0.6 is 0 Å². The van der Waals surface area contributed by atoms with E-state index in [2.05, 4.69) is 4.98 Å². The standard InChI is InChI=1S/C30H31N3O4.2C28H29N3O4/c1-19(31)23-7-3-6-20(16-23)17-26(30(36)37-2)27-10-5-15-33(27)29(35)22-13-11-21(12-14-22)24-8-4-9-25(18-24)28(32)34;1-18(29)22-6-3-5-19(15-22)16-24(28(34)35-2)25-7-4-14-31(25)27(33)21-10-8-20(9-11-21)23-12-13-30-26(32)17-23;1-19(29)23-8-5-7-20(17-23)18-24(28(33)35-2)26-10-6-15-30(26)27(32)22-13-11-21(12-14-22)25-9-3-4-16-31(25)34/h3-4,6-9,11-14,16,18,26-27,31H,5,10,15,17H2,1-2H3,(H2,32,34);3,5-6,8-13,15,17,24-25,29H,4,7,14,16H2,1-2H3,(H,30,32);3-5,7-9,11-14,16-17,24,26,29H,6,10,15,18H2,1-2H3. The lowest BCUT2D eigenvalue weighted by Gasteiger charge is -2.30. The molecular formula is C86H89N9O12. The predicted molar refractivity (Wildman–Crippen MR) is 410 cm³/mol. The molecule has 0 spiro atoms. The Labute approximate surface area is 622 Å². The van der Waals surface area contributed by atoms with Crippen LogP contribution in [0.5, 0.6) is 0 Å². The lowest BCUT2D eigenvalue weighted by Crippen LogP contribution is -2.44. The molecule has 6 unspecified atom stereocenters. The number of likely N-dealkylation sites (tertiary alicyclic amines) is 3. The SMILES string of the molecule is COC(=O)C(Cc1cccc(C(C)=N)c1)C1CCCN1C(=O)c1ccc(-c2cc[nH]c(=O)c2)cc1.COC(=O)C(Cc1cccc(C(C)=N)c1)C1CCCN1C(=O)c1ccc(-c2cccc(C(N)=O)c2)cc1.COC(=O)C(Cc1cccc(C(C)=N)c1)C1CCCN1C(=O)c1ccc(-c2cccc[n+]2[O-])cc1. The Balaban J connectivity index is 0.000000172. The van der Waals surface area contributed by atoms with Gasteiger partial charge in [-0.2, -0.15) is 4.73 Å². The van der Waals surface area contributed by atoms with Gasteiger partial charge >= 0.3 is 17.9 Å². The van der Waals surface area contributed by atoms with Gasteiger partial charge in [0.15, 0.2) is 6.20 Å². The third-order valence-corrected chi connectivity index (χ3v) is 20.1. The van der Waals surface area contributed by atoms with E-state index in [0.717, 1.165) is 91.6 Å². The topological polar surface area (TPSA) is 314 Å². The minimum atomic E-state index is -0.506. The first-order valence-corrected chi connectivity index (χ1v) is 35.7. The number of nitrogens with one attached hydrogen (secondary N) is 4. The third-order valence-electron chi connectivity index (χ3n) is 20.1. The van der Waals surface area contributed by atoms with Crippen LogP contribution in [0.1, 0.15) is 134 Å². The van der Waals surface area contributed by atoms with Crippen LogP contribution in [-0.2, 0) is 47.9 Å². The summed E-state index contributed by atoms with van der Waals surface area (Å²) < 4.78 is 16.2. The number of primary amides is 1. The molecule has 3 fully saturated rings. The Morgan fingerprint density at radius 2 is 0.794 bits per heavy atom. The van der Waals surface area contributed by atoms with Crippen molar-refractivity contribution in [3.63, 3.8) is 0 Å². The number of carbonyl (C=O) groups is 7. The van der Waals surface area contributed by atoms with Gasteiger partial charge in [-0.05, 0) is 225 Å². The number of carbonyl (C=O) groups excluding carboxylic acids is 7. The number of aromatic nitrogens is 2. The van der Waals surface area contributed by atoms with Crippen molar-refractivity contribution in [2.24, 2.45) is 23.5 Å². The van der Waals surface area contributed by atoms with Gasteiger partial charge in [0, 0.05) is 107 Å². The summed E-state index contributed by atoms with van der Waals surface area (Å²) in [5.41, 5.74) is 18.4. The van der Waals surface area contributed by atoms with E-state index in [1.165, 1.54) is 33.6 Å². The maximum atomic E-state index is 13.5. The van der Waals surface area contributed by atoms with Gasteiger partial charge in [0.25, 0.3) is 17.7 Å². The average Bonchev–Trinajstić information content (AvgIpc) is 1.73. The molecule has 7 aromatic carbocycles. The summed E-state index contributed by atoms with van der Waals surface area (Å²) in [5.74, 6) is -3.41. The number of amides is 4. The second-order valence-corrected chi connectivity index (χ2v) is 27.1. The zero-order valence-electron chi connectivity index (χ0n) is 60.9. The fourth-order valence-electron chi connectivity index (χ4n) is 14.5. The van der Waals surface area contributed by atoms with Gasteiger partial charge in [0.05, 0.1) is 39.1 Å². The quantitative estimate of drug-likeness (QED) is 0.0139. The Morgan fingerprint density at radius 1 is 0.439 bits per heavy atom. The van der Waals surface area contributed by atoms with Crippen molar-refractivity contribution in [2.75, 3.05) is 41.0 Å². The van der Waals surface area contributed by atoms with Gasteiger partial charge < -0.3 is 61.1 Å². The zero-order valence-corrected chi connectivity index (χ0v) is 60.9. The molecule has 21 heteroatoms. The van der Waals surface area contributed by atoms with E-state index in [1.54, 1.807) is 127 Å². The van der Waals surface area contributed by atoms with E-state index < -0.39 is 23.7 Å². The number of aromatic amines is 1. The molecule has 107 heavy (non-hydrogen) atoms. The fourth-order valence-corrected chi connectivity index (χ4v) is 14.5. The highest BCUT2D eigenvalue weighted by molar-refractivity contribution is 6.00. The van der Waals surface area contributed by atoms with E-state index in [-0.39, 0.29) is 59.3 Å². The Kier molecular flexibility index (Phi) is 26.0. The molecule has 2 aromatic heterocycles. The highest BCUT2D eigenvalue weighted by atomic mass is 16.5. The highest BCUT2D eigenvalue weighted by Crippen LogP contribution is 2.35. The van der Waals surface area contributed by atoms with Crippen LogP contribution in [0.25, 0.3) is 33.5 Å². The molecule has 3 aliphatic rings. The number of methoxy groups -OCH3 is 3. The number of hydrogen-bond donors (Lipinski definition) is 5. The molecule has 6 atom stereocenters. The van der Waals surface area contributed by atoms with Gasteiger partial charge in [0.2, 0.25) is 17.2 Å². The van der Waals surface area contributed by atoms with Gasteiger partial charge in [-0.3, -0.25) is 38.4 Å². The number of hydrogen-bond acceptors (Lipinski definition) is 15. The van der Waals surface area contributed by atoms with Gasteiger partial charge in [-0.1, -0.05) is 91.0 Å². The van der Waals surface area contributed by atoms with Gasteiger partial charge in [-0.15, -0.1) is 0 Å². The van der Waals surface area contributed by atoms with E-state index in [1.807, 2.05) is 109 Å². The molecule has 550 valence electrons. The Morgan fingerprint density at radius 3 is 1.14 bits per heavy atom. The third kappa shape index (κ3) is 19.2. The van der Waals surface area contributed by atoms with Crippen molar-refractivity contribution >= 4 is 58.7 Å². The van der Waals surface area contributed by atoms with Gasteiger partial charge in [0.1, 0.15) is 0 Å². The predicted octanol–water partition coefficient (Wildman–Crippen LogP) is 12.6. The Bertz CT molecular complexity index is 4820. The van der Waals surface area contributed by atoms with Crippen molar-refractivity contribution in [1.29, 1.82) is 16.2 Å². The van der Waals surface area contributed by atoms with Crippen molar-refractivity contribution in [3.8, 4) is 33.5 Å². The number of rotatable bonds is 22. The summed E-state index contributed by atoms with van der Waals surface area (Å²) in [5, 5.41) is 35.8. The van der Waals surface area contributed by atoms with Crippen LogP contribution in [0.3, 0.4) is 0 Å². The van der Waals surface area contributed by atoms with Crippen molar-refractivity contribution in [1.82, 2.24) is 19.7 Å². The summed E-state index contributed by atoms with van der Waals surface area (Å²) in [7, 11) is 4.13. The molecule has 21 nitrogen and oxygen atoms in total. The normalized spacial score (nSPS) is 15.9. The maximum absolute atomic E-state index is 13.5. The second kappa shape index (κ2) is 36.0. The first-order valence-electron chi connectivity index (χ1n) is 35.7. The summed E-state index contributed by atoms with van der Waals surface area (Å²) in [6.45, 7) is 6.90. The molecule has 3 saturated heterocycles. The molecule has 6 N–H and O–H groups in total. The van der Waals surface area contributed by atoms with Crippen LogP contribution < -0.4 is 16.0 Å². The number of benzene rings is 7. The number of nitrogens with two attached hydrogens (primary N) is 1. The zero-order chi connectivity index (χ0) is 76.4. The first-order chi connectivity index (χ1) is 51.5. The van der Waals surface area contributed by atoms with Crippen molar-refractivity contribution < 1.29 is 52.5 Å². The van der Waals surface area contributed by atoms with Crippen LogP contribution in [0.15, 0.2) is 217 Å². The summed E-state index contributed by atoms with van der Waals surface area (Å²) in [6.07, 6.45) is 8.91. The minimum absolute atomic E-state index is 0.122. The lowest BCUT2D eigenvalue weighted by atomic mass is 9.89. The van der Waals surface area contributed by atoms with Crippen LogP contribution in [0.2, 0.25) is 0 Å². The highest BCUT2D eigenvalue weighted by Gasteiger charge is 2.42. The molecule has 4 amide bonds. The minimum Gasteiger partial charge on any atom is -0.618 e. The largest absolute Gasteiger partial charge is 0.618 e. The number of esters is 3. The fraction of sp³-hybridized carbons (Fsp3) is 0.279. The van der Waals surface area contributed by atoms with Gasteiger partial charge in [-0.25, -0.2) is 0 Å². The molecule has 0 aliphatic carbocycles. The van der Waals surface area contributed by atoms with Crippen LogP contribution in [-0.4, -0.2) is 137 Å². The summed E-state index contributed by atoms with van der Waals surface area (Å²) in [6, 6.07) is 59.0. The van der Waals surface area contributed by atoms with Crippen molar-refractivity contribution in [2.45, 2.75) is 96.7 Å². The lowest BCUT2D eigenvalue weighted by molar-refractivity contribution is -0.593. The molecule has 9 aromatic rings. The Hall–Kier alpha value is -12.3. The molecule has 0 radical (unpaired) electrons.